The highest BCUT2D eigenvalue weighted by Crippen LogP contribution is 2.28. The number of anilines is 3. The Balaban J connectivity index is 1.81. The van der Waals surface area contributed by atoms with E-state index in [9.17, 15) is 5.11 Å². The Bertz CT molecular complexity index is 1000. The van der Waals surface area contributed by atoms with Crippen LogP contribution in [0.15, 0.2) is 18.3 Å². The summed E-state index contributed by atoms with van der Waals surface area (Å²) >= 11 is 0. The fraction of sp³-hybridized carbons (Fsp3) is 0.500. The Hall–Kier alpha value is -2.82. The molecule has 0 spiro atoms. The number of fused-ring (bicyclic) bond motifs is 1. The molecule has 0 unspecified atom stereocenters. The number of rotatable bonds is 8. The minimum Gasteiger partial charge on any atom is -0.390 e. The number of nitrogens with zero attached hydrogens (tertiary/aromatic N) is 6. The maximum absolute atomic E-state index is 9.91. The summed E-state index contributed by atoms with van der Waals surface area (Å²) in [7, 11) is 0. The Labute approximate surface area is 175 Å². The van der Waals surface area contributed by atoms with Gasteiger partial charge in [0.15, 0.2) is 5.82 Å². The van der Waals surface area contributed by atoms with Gasteiger partial charge in [0.25, 0.3) is 0 Å². The molecular weight excluding hydrogens is 384 g/mol. The van der Waals surface area contributed by atoms with Crippen LogP contribution in [-0.2, 0) is 17.9 Å². The molecule has 1 saturated heterocycles. The maximum atomic E-state index is 9.91. The molecule has 4 heterocycles. The van der Waals surface area contributed by atoms with Crippen LogP contribution in [0.4, 0.5) is 17.6 Å². The van der Waals surface area contributed by atoms with Crippen molar-refractivity contribution in [2.75, 3.05) is 49.6 Å². The van der Waals surface area contributed by atoms with E-state index < -0.39 is 0 Å². The lowest BCUT2D eigenvalue weighted by atomic mass is 10.3. The zero-order chi connectivity index (χ0) is 20.9. The van der Waals surface area contributed by atoms with Crippen LogP contribution in [0.3, 0.4) is 0 Å². The first kappa shape index (κ1) is 20.5. The van der Waals surface area contributed by atoms with Crippen molar-refractivity contribution in [3.63, 3.8) is 0 Å². The average molecular weight is 412 g/mol. The van der Waals surface area contributed by atoms with Crippen molar-refractivity contribution in [2.24, 2.45) is 0 Å². The highest BCUT2D eigenvalue weighted by atomic mass is 16.5. The van der Waals surface area contributed by atoms with E-state index in [4.69, 9.17) is 14.7 Å². The Morgan fingerprint density at radius 3 is 2.83 bits per heavy atom. The van der Waals surface area contributed by atoms with Gasteiger partial charge < -0.3 is 25.4 Å². The Morgan fingerprint density at radius 1 is 1.27 bits per heavy atom. The number of piperazine rings is 1. The molecule has 0 aromatic carbocycles. The highest BCUT2D eigenvalue weighted by molar-refractivity contribution is 5.90. The Kier molecular flexibility index (Phi) is 6.36. The molecular formula is C20H28N8O2. The van der Waals surface area contributed by atoms with Gasteiger partial charge >= 0.3 is 0 Å². The normalized spacial score (nSPS) is 14.4. The van der Waals surface area contributed by atoms with Crippen molar-refractivity contribution >= 4 is 28.6 Å². The minimum atomic E-state index is -0.196. The molecule has 0 saturated carbocycles. The second-order valence-corrected chi connectivity index (χ2v) is 7.17. The van der Waals surface area contributed by atoms with Crippen molar-refractivity contribution in [1.29, 1.82) is 0 Å². The molecule has 3 N–H and O–H groups in total. The predicted octanol–water partition coefficient (Wildman–Crippen LogP) is 1.21. The van der Waals surface area contributed by atoms with Crippen LogP contribution in [0.2, 0.25) is 0 Å². The van der Waals surface area contributed by atoms with E-state index in [1.807, 2.05) is 26.0 Å². The third-order valence-electron chi connectivity index (χ3n) is 5.01. The lowest BCUT2D eigenvalue weighted by Crippen LogP contribution is -2.44. The molecule has 0 bridgehead atoms. The van der Waals surface area contributed by atoms with E-state index in [2.05, 4.69) is 25.6 Å². The molecule has 1 aliphatic heterocycles. The van der Waals surface area contributed by atoms with Gasteiger partial charge in [0.1, 0.15) is 22.5 Å². The number of pyridine rings is 1. The van der Waals surface area contributed by atoms with E-state index in [0.29, 0.717) is 48.6 Å². The summed E-state index contributed by atoms with van der Waals surface area (Å²) in [6, 6.07) is 3.91. The van der Waals surface area contributed by atoms with Gasteiger partial charge in [-0.1, -0.05) is 0 Å². The summed E-state index contributed by atoms with van der Waals surface area (Å²) in [5.74, 6) is 1.94. The van der Waals surface area contributed by atoms with Gasteiger partial charge in [0.05, 0.1) is 19.8 Å². The Morgan fingerprint density at radius 2 is 2.10 bits per heavy atom. The van der Waals surface area contributed by atoms with Gasteiger partial charge in [-0.05, 0) is 31.5 Å². The molecule has 4 rings (SSSR count). The fourth-order valence-corrected chi connectivity index (χ4v) is 3.51. The standard InChI is InChI=1S/C20H28N8O2/c1-3-30-11-10-28-18-17(15(13-29)26-28)24-20(27-8-6-21-7-9-27)25-19(18)23-16-12-14(2)4-5-22-16/h4-5,12,21,29H,3,6-11,13H2,1-2H3,(H,22,23,24,25). The van der Waals surface area contributed by atoms with Crippen LogP contribution in [-0.4, -0.2) is 69.2 Å². The van der Waals surface area contributed by atoms with Crippen molar-refractivity contribution in [3.05, 3.63) is 29.6 Å². The third-order valence-corrected chi connectivity index (χ3v) is 5.01. The summed E-state index contributed by atoms with van der Waals surface area (Å²) < 4.78 is 7.31. The SMILES string of the molecule is CCOCCn1nc(CO)c2nc(N3CCNCC3)nc(Nc3cc(C)ccn3)c21. The minimum absolute atomic E-state index is 0.196. The summed E-state index contributed by atoms with van der Waals surface area (Å²) in [5.41, 5.74) is 3.01. The van der Waals surface area contributed by atoms with Gasteiger partial charge in [-0.2, -0.15) is 10.1 Å². The smallest absolute Gasteiger partial charge is 0.228 e. The lowest BCUT2D eigenvalue weighted by molar-refractivity contribution is 0.137. The molecule has 10 heteroatoms. The summed E-state index contributed by atoms with van der Waals surface area (Å²) in [5, 5.41) is 21.2. The summed E-state index contributed by atoms with van der Waals surface area (Å²) in [6.45, 7) is 8.86. The second kappa shape index (κ2) is 9.33. The van der Waals surface area contributed by atoms with Crippen molar-refractivity contribution in [1.82, 2.24) is 30.0 Å². The fourth-order valence-electron chi connectivity index (χ4n) is 3.51. The molecule has 0 amide bonds. The van der Waals surface area contributed by atoms with Crippen LogP contribution in [0.25, 0.3) is 11.0 Å². The van der Waals surface area contributed by atoms with Crippen LogP contribution in [0.1, 0.15) is 18.2 Å². The number of hydrogen-bond donors (Lipinski definition) is 3. The van der Waals surface area contributed by atoms with Crippen LogP contribution in [0.5, 0.6) is 0 Å². The monoisotopic (exact) mass is 412 g/mol. The molecule has 3 aromatic rings. The summed E-state index contributed by atoms with van der Waals surface area (Å²) in [6.07, 6.45) is 1.76. The molecule has 0 radical (unpaired) electrons. The summed E-state index contributed by atoms with van der Waals surface area (Å²) in [4.78, 5) is 16.2. The van der Waals surface area contributed by atoms with Gasteiger partial charge in [0, 0.05) is 39.0 Å². The van der Waals surface area contributed by atoms with Crippen molar-refractivity contribution < 1.29 is 9.84 Å². The molecule has 10 nitrogen and oxygen atoms in total. The van der Waals surface area contributed by atoms with Gasteiger partial charge in [-0.25, -0.2) is 9.97 Å². The molecule has 3 aromatic heterocycles. The zero-order valence-electron chi connectivity index (χ0n) is 17.4. The van der Waals surface area contributed by atoms with E-state index in [1.54, 1.807) is 10.9 Å². The van der Waals surface area contributed by atoms with Gasteiger partial charge in [-0.15, -0.1) is 0 Å². The van der Waals surface area contributed by atoms with Gasteiger partial charge in [-0.3, -0.25) is 4.68 Å². The van der Waals surface area contributed by atoms with Crippen molar-refractivity contribution in [2.45, 2.75) is 27.0 Å². The average Bonchev–Trinajstić information content (AvgIpc) is 3.12. The van der Waals surface area contributed by atoms with E-state index in [0.717, 1.165) is 37.3 Å². The third kappa shape index (κ3) is 4.35. The van der Waals surface area contributed by atoms with Crippen LogP contribution >= 0.6 is 0 Å². The number of aromatic nitrogens is 5. The maximum Gasteiger partial charge on any atom is 0.228 e. The van der Waals surface area contributed by atoms with Crippen molar-refractivity contribution in [3.8, 4) is 0 Å². The van der Waals surface area contributed by atoms with Crippen LogP contribution < -0.4 is 15.5 Å². The number of aliphatic hydroxyl groups is 1. The first-order valence-corrected chi connectivity index (χ1v) is 10.3. The number of aryl methyl sites for hydroxylation is 1. The van der Waals surface area contributed by atoms with E-state index in [1.165, 1.54) is 0 Å². The van der Waals surface area contributed by atoms with Crippen LogP contribution in [0, 0.1) is 6.92 Å². The number of ether oxygens (including phenoxy) is 1. The number of hydrogen-bond acceptors (Lipinski definition) is 9. The van der Waals surface area contributed by atoms with E-state index in [-0.39, 0.29) is 6.61 Å². The second-order valence-electron chi connectivity index (χ2n) is 7.17. The lowest BCUT2D eigenvalue weighted by Gasteiger charge is -2.27. The van der Waals surface area contributed by atoms with Gasteiger partial charge in [0.2, 0.25) is 5.95 Å². The first-order chi connectivity index (χ1) is 14.7. The molecule has 30 heavy (non-hydrogen) atoms. The topological polar surface area (TPSA) is 113 Å². The largest absolute Gasteiger partial charge is 0.390 e. The quantitative estimate of drug-likeness (QED) is 0.470. The number of nitrogens with one attached hydrogen (secondary N) is 2. The molecule has 1 aliphatic rings. The number of aliphatic hydroxyl groups excluding tert-OH is 1. The predicted molar refractivity (Wildman–Crippen MR) is 115 cm³/mol. The van der Waals surface area contributed by atoms with E-state index >= 15 is 0 Å². The highest BCUT2D eigenvalue weighted by Gasteiger charge is 2.22. The zero-order valence-corrected chi connectivity index (χ0v) is 17.4. The first-order valence-electron chi connectivity index (χ1n) is 10.3. The molecule has 160 valence electrons. The molecule has 0 aliphatic carbocycles. The molecule has 0 atom stereocenters. The molecule has 1 fully saturated rings.